The molecule has 0 aliphatic carbocycles. The van der Waals surface area contributed by atoms with Crippen LogP contribution in [0.15, 0.2) is 5.16 Å². The molecule has 0 aromatic carbocycles. The lowest BCUT2D eigenvalue weighted by atomic mass is 9.89. The van der Waals surface area contributed by atoms with Crippen molar-refractivity contribution in [2.45, 2.75) is 142 Å². The molecule has 1 rings (SSSR count). The van der Waals surface area contributed by atoms with Gasteiger partial charge >= 0.3 is 0 Å². The van der Waals surface area contributed by atoms with Crippen LogP contribution < -0.4 is 0 Å². The maximum atomic E-state index is 11.0. The quantitative estimate of drug-likeness (QED) is 0.204. The third-order valence-corrected chi connectivity index (χ3v) is 13.7. The average Bonchev–Trinajstić information content (AvgIpc) is 3.10. The van der Waals surface area contributed by atoms with Gasteiger partial charge in [-0.1, -0.05) is 85.1 Å². The van der Waals surface area contributed by atoms with Crippen molar-refractivity contribution in [3.05, 3.63) is 0 Å². The SMILES string of the molecule is CC(C)[Si](O[C@@H](C)CCCC[C@@](C)(O)[C@H]1CC(C#C[Si](C)(C)C)=NO1)(C(C)C)C(C)C. The molecule has 0 aromatic heterocycles. The fraction of sp³-hybridized carbons (Fsp3) is 0.880. The smallest absolute Gasteiger partial charge is 0.200 e. The lowest BCUT2D eigenvalue weighted by molar-refractivity contribution is -0.0892. The van der Waals surface area contributed by atoms with Gasteiger partial charge in [0.1, 0.15) is 19.4 Å². The lowest BCUT2D eigenvalue weighted by Crippen LogP contribution is -2.49. The highest BCUT2D eigenvalue weighted by molar-refractivity contribution is 6.84. The topological polar surface area (TPSA) is 51.0 Å². The molecule has 1 heterocycles. The second-order valence-corrected chi connectivity index (χ2v) is 21.8. The van der Waals surface area contributed by atoms with Crippen molar-refractivity contribution in [1.82, 2.24) is 0 Å². The molecule has 0 fully saturated rings. The van der Waals surface area contributed by atoms with Gasteiger partial charge in [-0.25, -0.2) is 0 Å². The van der Waals surface area contributed by atoms with Crippen LogP contribution in [0.1, 0.15) is 87.5 Å². The number of rotatable bonds is 11. The summed E-state index contributed by atoms with van der Waals surface area (Å²) in [6, 6.07) is 0. The molecule has 0 amide bonds. The zero-order valence-corrected chi connectivity index (χ0v) is 24.1. The molecular formula is C25H49NO3Si2. The first-order valence-electron chi connectivity index (χ1n) is 12.3. The van der Waals surface area contributed by atoms with E-state index in [9.17, 15) is 5.11 Å². The van der Waals surface area contributed by atoms with Crippen LogP contribution in [0.3, 0.4) is 0 Å². The highest BCUT2D eigenvalue weighted by Gasteiger charge is 2.46. The summed E-state index contributed by atoms with van der Waals surface area (Å²) in [5, 5.41) is 15.1. The Balaban J connectivity index is 2.52. The van der Waals surface area contributed by atoms with E-state index in [2.05, 4.69) is 84.7 Å². The number of hydrogen-bond acceptors (Lipinski definition) is 4. The first-order chi connectivity index (χ1) is 14.1. The maximum Gasteiger partial charge on any atom is 0.200 e. The molecule has 0 bridgehead atoms. The van der Waals surface area contributed by atoms with Crippen LogP contribution in [-0.4, -0.2) is 45.0 Å². The van der Waals surface area contributed by atoms with E-state index in [-0.39, 0.29) is 12.2 Å². The molecule has 0 spiro atoms. The van der Waals surface area contributed by atoms with E-state index in [1.165, 1.54) is 0 Å². The van der Waals surface area contributed by atoms with Gasteiger partial charge in [0.15, 0.2) is 6.10 Å². The summed E-state index contributed by atoms with van der Waals surface area (Å²) in [7, 11) is -3.27. The first-order valence-corrected chi connectivity index (χ1v) is 17.9. The van der Waals surface area contributed by atoms with Crippen LogP contribution in [0.4, 0.5) is 0 Å². The highest BCUT2D eigenvalue weighted by atomic mass is 28.4. The minimum Gasteiger partial charge on any atom is -0.413 e. The van der Waals surface area contributed by atoms with Gasteiger partial charge in [0.05, 0.1) is 0 Å². The molecule has 1 aliphatic rings. The summed E-state index contributed by atoms with van der Waals surface area (Å²) < 4.78 is 6.84. The predicted octanol–water partition coefficient (Wildman–Crippen LogP) is 6.90. The maximum absolute atomic E-state index is 11.0. The van der Waals surface area contributed by atoms with Gasteiger partial charge in [-0.05, 0) is 43.3 Å². The number of hydrogen-bond donors (Lipinski definition) is 1. The fourth-order valence-corrected chi connectivity index (χ4v) is 11.1. The minimum absolute atomic E-state index is 0.262. The summed E-state index contributed by atoms with van der Waals surface area (Å²) in [6.07, 6.45) is 4.31. The Morgan fingerprint density at radius 2 is 1.61 bits per heavy atom. The van der Waals surface area contributed by atoms with Gasteiger partial charge in [0.2, 0.25) is 8.32 Å². The van der Waals surface area contributed by atoms with Crippen molar-refractivity contribution in [2.24, 2.45) is 5.16 Å². The van der Waals surface area contributed by atoms with Gasteiger partial charge in [-0.3, -0.25) is 0 Å². The minimum atomic E-state index is -1.83. The summed E-state index contributed by atoms with van der Waals surface area (Å²) >= 11 is 0. The Bertz CT molecular complexity index is 632. The van der Waals surface area contributed by atoms with Crippen LogP contribution in [0.25, 0.3) is 0 Å². The van der Waals surface area contributed by atoms with E-state index in [0.717, 1.165) is 25.0 Å². The molecule has 6 heteroatoms. The molecule has 180 valence electrons. The van der Waals surface area contributed by atoms with E-state index in [1.54, 1.807) is 0 Å². The van der Waals surface area contributed by atoms with Crippen molar-refractivity contribution < 1.29 is 14.4 Å². The molecule has 4 nitrogen and oxygen atoms in total. The summed E-state index contributed by atoms with van der Waals surface area (Å²) in [6.45, 7) is 24.7. The molecule has 1 aliphatic heterocycles. The van der Waals surface area contributed by atoms with Gasteiger partial charge < -0.3 is 14.4 Å². The van der Waals surface area contributed by atoms with Crippen LogP contribution >= 0.6 is 0 Å². The molecule has 0 radical (unpaired) electrons. The number of nitrogens with zero attached hydrogens (tertiary/aromatic N) is 1. The zero-order chi connectivity index (χ0) is 24.0. The monoisotopic (exact) mass is 467 g/mol. The van der Waals surface area contributed by atoms with Crippen LogP contribution in [-0.2, 0) is 9.26 Å². The molecule has 1 N–H and O–H groups in total. The third-order valence-electron chi connectivity index (χ3n) is 6.60. The zero-order valence-electron chi connectivity index (χ0n) is 22.1. The van der Waals surface area contributed by atoms with Crippen molar-refractivity contribution in [1.29, 1.82) is 0 Å². The van der Waals surface area contributed by atoms with Crippen LogP contribution in [0.5, 0.6) is 0 Å². The Morgan fingerprint density at radius 1 is 1.06 bits per heavy atom. The molecule has 31 heavy (non-hydrogen) atoms. The van der Waals surface area contributed by atoms with E-state index in [4.69, 9.17) is 9.26 Å². The van der Waals surface area contributed by atoms with Crippen molar-refractivity contribution in [3.8, 4) is 11.5 Å². The second kappa shape index (κ2) is 11.5. The van der Waals surface area contributed by atoms with Crippen molar-refractivity contribution in [2.75, 3.05) is 0 Å². The lowest BCUT2D eigenvalue weighted by Gasteiger charge is -2.44. The molecular weight excluding hydrogens is 418 g/mol. The molecule has 0 saturated heterocycles. The summed E-state index contributed by atoms with van der Waals surface area (Å²) in [5.74, 6) is 3.17. The van der Waals surface area contributed by atoms with E-state index < -0.39 is 22.0 Å². The Kier molecular flexibility index (Phi) is 10.5. The van der Waals surface area contributed by atoms with E-state index in [1.807, 2.05) is 6.92 Å². The highest BCUT2D eigenvalue weighted by Crippen LogP contribution is 2.43. The van der Waals surface area contributed by atoms with Crippen LogP contribution in [0.2, 0.25) is 36.3 Å². The number of oxime groups is 1. The normalized spacial score (nSPS) is 20.4. The van der Waals surface area contributed by atoms with E-state index in [0.29, 0.717) is 29.5 Å². The third kappa shape index (κ3) is 8.35. The Morgan fingerprint density at radius 3 is 2.10 bits per heavy atom. The number of aliphatic hydroxyl groups is 1. The number of unbranched alkanes of at least 4 members (excludes halogenated alkanes) is 1. The summed E-state index contributed by atoms with van der Waals surface area (Å²) in [5.41, 5.74) is 5.03. The second-order valence-electron chi connectivity index (χ2n) is 11.7. The van der Waals surface area contributed by atoms with Gasteiger partial charge in [-0.2, -0.15) is 0 Å². The van der Waals surface area contributed by atoms with Gasteiger partial charge in [-0.15, -0.1) is 5.54 Å². The molecule has 0 aromatic rings. The molecule has 0 saturated carbocycles. The largest absolute Gasteiger partial charge is 0.413 e. The average molecular weight is 468 g/mol. The predicted molar refractivity (Wildman–Crippen MR) is 139 cm³/mol. The molecule has 3 atom stereocenters. The van der Waals surface area contributed by atoms with Gasteiger partial charge in [0, 0.05) is 12.5 Å². The summed E-state index contributed by atoms with van der Waals surface area (Å²) in [4.78, 5) is 5.55. The van der Waals surface area contributed by atoms with Crippen molar-refractivity contribution >= 4 is 22.1 Å². The standard InChI is InChI=1S/C25H49NO3Si2/c1-19(2)31(20(3)4,21(5)6)29-22(7)14-12-13-16-25(8,27)24-18-23(26-28-24)15-17-30(9,10)11/h19-22,24,27H,12-14,16,18H2,1-11H3/t22-,24+,25+/m0/s1. The van der Waals surface area contributed by atoms with Gasteiger partial charge in [0.25, 0.3) is 0 Å². The van der Waals surface area contributed by atoms with E-state index >= 15 is 0 Å². The Labute approximate surface area is 194 Å². The Hall–Kier alpha value is -0.616. The first kappa shape index (κ1) is 28.4. The van der Waals surface area contributed by atoms with Crippen molar-refractivity contribution in [3.63, 3.8) is 0 Å². The van der Waals surface area contributed by atoms with Crippen LogP contribution in [0, 0.1) is 11.5 Å². The fourth-order valence-electron chi connectivity index (χ4n) is 4.94. The molecule has 0 unspecified atom stereocenters.